The lowest BCUT2D eigenvalue weighted by Crippen LogP contribution is -2.41. The zero-order valence-electron chi connectivity index (χ0n) is 12.2. The van der Waals surface area contributed by atoms with E-state index in [1.165, 1.54) is 18.2 Å². The van der Waals surface area contributed by atoms with Crippen molar-refractivity contribution in [3.63, 3.8) is 0 Å². The number of likely N-dealkylation sites (tertiary alicyclic amines) is 1. The number of carbonyl (C=O) groups is 2. The molecule has 116 valence electrons. The number of piperidine rings is 1. The van der Waals surface area contributed by atoms with Crippen LogP contribution in [0.15, 0.2) is 24.3 Å². The summed E-state index contributed by atoms with van der Waals surface area (Å²) < 4.78 is 13.1. The molecule has 1 fully saturated rings. The molecular formula is C16H18FN3O2. The molecule has 22 heavy (non-hydrogen) atoms. The fraction of sp³-hybridized carbons (Fsp3) is 0.438. The van der Waals surface area contributed by atoms with Crippen LogP contribution in [0.5, 0.6) is 0 Å². The van der Waals surface area contributed by atoms with E-state index in [0.717, 1.165) is 12.8 Å². The Balaban J connectivity index is 1.76. The summed E-state index contributed by atoms with van der Waals surface area (Å²) >= 11 is 0. The second-order valence-corrected chi connectivity index (χ2v) is 5.38. The summed E-state index contributed by atoms with van der Waals surface area (Å²) in [6.45, 7) is 1.73. The summed E-state index contributed by atoms with van der Waals surface area (Å²) in [7, 11) is 0. The quantitative estimate of drug-likeness (QED) is 0.920. The Bertz CT molecular complexity index is 589. The van der Waals surface area contributed by atoms with E-state index in [1.807, 2.05) is 6.07 Å². The van der Waals surface area contributed by atoms with Gasteiger partial charge in [-0.25, -0.2) is 4.39 Å². The summed E-state index contributed by atoms with van der Waals surface area (Å²) in [4.78, 5) is 25.2. The zero-order chi connectivity index (χ0) is 15.9. The van der Waals surface area contributed by atoms with Crippen LogP contribution in [-0.4, -0.2) is 36.3 Å². The summed E-state index contributed by atoms with van der Waals surface area (Å²) in [6, 6.07) is 7.44. The van der Waals surface area contributed by atoms with Crippen molar-refractivity contribution >= 4 is 11.8 Å². The molecule has 2 amide bonds. The first-order valence-electron chi connectivity index (χ1n) is 7.28. The standard InChI is InChI=1S/C16H18FN3O2/c17-14-3-1-2-13(10-14)16(22)19-11-12-5-8-20(9-6-12)15(21)4-7-18/h1-3,10,12H,4-6,8-9,11H2,(H,19,22). The van der Waals surface area contributed by atoms with Gasteiger partial charge in [0.05, 0.1) is 6.07 Å². The fourth-order valence-electron chi connectivity index (χ4n) is 2.53. The first kappa shape index (κ1) is 16.0. The molecule has 0 spiro atoms. The number of carbonyl (C=O) groups excluding carboxylic acids is 2. The Morgan fingerprint density at radius 2 is 2.09 bits per heavy atom. The number of amides is 2. The van der Waals surface area contributed by atoms with Gasteiger partial charge in [-0.05, 0) is 37.0 Å². The van der Waals surface area contributed by atoms with Gasteiger partial charge in [0.1, 0.15) is 12.2 Å². The smallest absolute Gasteiger partial charge is 0.251 e. The van der Waals surface area contributed by atoms with Gasteiger partial charge in [0, 0.05) is 25.2 Å². The van der Waals surface area contributed by atoms with Crippen LogP contribution in [-0.2, 0) is 4.79 Å². The highest BCUT2D eigenvalue weighted by Crippen LogP contribution is 2.17. The average molecular weight is 303 g/mol. The van der Waals surface area contributed by atoms with Gasteiger partial charge in [0.25, 0.3) is 5.91 Å². The average Bonchev–Trinajstić information content (AvgIpc) is 2.53. The summed E-state index contributed by atoms with van der Waals surface area (Å²) in [5.74, 6) is -0.562. The van der Waals surface area contributed by atoms with Crippen LogP contribution >= 0.6 is 0 Å². The Kier molecular flexibility index (Phi) is 5.48. The van der Waals surface area contributed by atoms with Crippen molar-refractivity contribution in [1.29, 1.82) is 5.26 Å². The maximum atomic E-state index is 13.1. The van der Waals surface area contributed by atoms with E-state index >= 15 is 0 Å². The van der Waals surface area contributed by atoms with Crippen LogP contribution in [0.3, 0.4) is 0 Å². The molecule has 1 aliphatic rings. The van der Waals surface area contributed by atoms with Gasteiger partial charge in [-0.3, -0.25) is 9.59 Å². The van der Waals surface area contributed by atoms with Gasteiger partial charge in [-0.2, -0.15) is 5.26 Å². The SMILES string of the molecule is N#CCC(=O)N1CCC(CNC(=O)c2cccc(F)c2)CC1. The Labute approximate surface area is 128 Å². The van der Waals surface area contributed by atoms with Crippen LogP contribution in [0.4, 0.5) is 4.39 Å². The molecule has 1 heterocycles. The summed E-state index contributed by atoms with van der Waals surface area (Å²) in [5.41, 5.74) is 0.307. The number of halogens is 1. The zero-order valence-corrected chi connectivity index (χ0v) is 12.2. The van der Waals surface area contributed by atoms with Crippen LogP contribution in [0, 0.1) is 23.1 Å². The van der Waals surface area contributed by atoms with Crippen molar-refractivity contribution in [1.82, 2.24) is 10.2 Å². The minimum atomic E-state index is -0.433. The van der Waals surface area contributed by atoms with Crippen LogP contribution in [0.2, 0.25) is 0 Å². The van der Waals surface area contributed by atoms with Crippen LogP contribution < -0.4 is 5.32 Å². The van der Waals surface area contributed by atoms with Crippen LogP contribution in [0.25, 0.3) is 0 Å². The molecule has 6 heteroatoms. The van der Waals surface area contributed by atoms with Gasteiger partial charge in [0.15, 0.2) is 0 Å². The molecule has 1 aliphatic heterocycles. The molecule has 0 bridgehead atoms. The number of nitrogens with one attached hydrogen (secondary N) is 1. The number of benzene rings is 1. The number of nitrogens with zero attached hydrogens (tertiary/aromatic N) is 2. The number of rotatable bonds is 4. The lowest BCUT2D eigenvalue weighted by Gasteiger charge is -2.31. The van der Waals surface area contributed by atoms with Crippen LogP contribution in [0.1, 0.15) is 29.6 Å². The van der Waals surface area contributed by atoms with Gasteiger partial charge < -0.3 is 10.2 Å². The van der Waals surface area contributed by atoms with E-state index in [-0.39, 0.29) is 18.2 Å². The topological polar surface area (TPSA) is 73.2 Å². The maximum absolute atomic E-state index is 13.1. The first-order valence-corrected chi connectivity index (χ1v) is 7.28. The van der Waals surface area contributed by atoms with E-state index in [2.05, 4.69) is 5.32 Å². The summed E-state index contributed by atoms with van der Waals surface area (Å²) in [5, 5.41) is 11.3. The lowest BCUT2D eigenvalue weighted by molar-refractivity contribution is -0.131. The molecule has 1 aromatic carbocycles. The van der Waals surface area contributed by atoms with Gasteiger partial charge >= 0.3 is 0 Å². The molecular weight excluding hydrogens is 285 g/mol. The molecule has 5 nitrogen and oxygen atoms in total. The second-order valence-electron chi connectivity index (χ2n) is 5.38. The van der Waals surface area contributed by atoms with Crippen molar-refractivity contribution in [2.75, 3.05) is 19.6 Å². The third kappa shape index (κ3) is 4.29. The second kappa shape index (κ2) is 7.55. The van der Waals surface area contributed by atoms with E-state index < -0.39 is 5.82 Å². The first-order chi connectivity index (χ1) is 10.6. The number of hydrogen-bond donors (Lipinski definition) is 1. The van der Waals surface area contributed by atoms with Crippen molar-refractivity contribution in [3.05, 3.63) is 35.6 Å². The monoisotopic (exact) mass is 303 g/mol. The normalized spacial score (nSPS) is 15.2. The largest absolute Gasteiger partial charge is 0.352 e. The molecule has 0 atom stereocenters. The molecule has 1 saturated heterocycles. The minimum absolute atomic E-state index is 0.0824. The number of nitriles is 1. The number of hydrogen-bond acceptors (Lipinski definition) is 3. The third-order valence-electron chi connectivity index (χ3n) is 3.84. The molecule has 0 aliphatic carbocycles. The Morgan fingerprint density at radius 1 is 1.36 bits per heavy atom. The van der Waals surface area contributed by atoms with Crippen molar-refractivity contribution < 1.29 is 14.0 Å². The highest BCUT2D eigenvalue weighted by Gasteiger charge is 2.22. The molecule has 0 aromatic heterocycles. The van der Waals surface area contributed by atoms with Crippen molar-refractivity contribution in [2.45, 2.75) is 19.3 Å². The summed E-state index contributed by atoms with van der Waals surface area (Å²) in [6.07, 6.45) is 1.50. The Hall–Kier alpha value is -2.42. The lowest BCUT2D eigenvalue weighted by atomic mass is 9.96. The van der Waals surface area contributed by atoms with Gasteiger partial charge in [-0.1, -0.05) is 6.07 Å². The van der Waals surface area contributed by atoms with Gasteiger partial charge in [-0.15, -0.1) is 0 Å². The van der Waals surface area contributed by atoms with Crippen molar-refractivity contribution in [3.8, 4) is 6.07 Å². The highest BCUT2D eigenvalue weighted by molar-refractivity contribution is 5.94. The molecule has 0 unspecified atom stereocenters. The third-order valence-corrected chi connectivity index (χ3v) is 3.84. The highest BCUT2D eigenvalue weighted by atomic mass is 19.1. The molecule has 1 aromatic rings. The van der Waals surface area contributed by atoms with Crippen molar-refractivity contribution in [2.24, 2.45) is 5.92 Å². The Morgan fingerprint density at radius 3 is 2.73 bits per heavy atom. The molecule has 2 rings (SSSR count). The van der Waals surface area contributed by atoms with E-state index in [4.69, 9.17) is 5.26 Å². The predicted molar refractivity (Wildman–Crippen MR) is 78.3 cm³/mol. The molecule has 0 saturated carbocycles. The maximum Gasteiger partial charge on any atom is 0.251 e. The fourth-order valence-corrected chi connectivity index (χ4v) is 2.53. The van der Waals surface area contributed by atoms with Gasteiger partial charge in [0.2, 0.25) is 5.91 Å². The molecule has 0 radical (unpaired) electrons. The predicted octanol–water partition coefficient (Wildman–Crippen LogP) is 1.71. The van der Waals surface area contributed by atoms with E-state index in [1.54, 1.807) is 11.0 Å². The minimum Gasteiger partial charge on any atom is -0.352 e. The molecule has 1 N–H and O–H groups in total. The van der Waals surface area contributed by atoms with E-state index in [9.17, 15) is 14.0 Å². The van der Waals surface area contributed by atoms with E-state index in [0.29, 0.717) is 31.1 Å².